The predicted molar refractivity (Wildman–Crippen MR) is 102 cm³/mol. The lowest BCUT2D eigenvalue weighted by molar-refractivity contribution is -0.142. The fourth-order valence-corrected chi connectivity index (χ4v) is 3.48. The van der Waals surface area contributed by atoms with E-state index in [1.807, 2.05) is 20.8 Å². The highest BCUT2D eigenvalue weighted by atomic mass is 16.5. The van der Waals surface area contributed by atoms with E-state index < -0.39 is 5.41 Å². The number of hydrogen-bond acceptors (Lipinski definition) is 6. The second-order valence-electron chi connectivity index (χ2n) is 8.54. The summed E-state index contributed by atoms with van der Waals surface area (Å²) in [5.74, 6) is 0.0572. The van der Waals surface area contributed by atoms with Crippen molar-refractivity contribution in [3.63, 3.8) is 0 Å². The van der Waals surface area contributed by atoms with E-state index in [1.54, 1.807) is 4.90 Å². The minimum absolute atomic E-state index is 0.00517. The van der Waals surface area contributed by atoms with Crippen LogP contribution >= 0.6 is 0 Å². The molecule has 0 saturated carbocycles. The number of nitrogens with one attached hydrogen (secondary N) is 1. The van der Waals surface area contributed by atoms with Gasteiger partial charge in [0.15, 0.2) is 5.69 Å². The summed E-state index contributed by atoms with van der Waals surface area (Å²) >= 11 is 0. The predicted octanol–water partition coefficient (Wildman–Crippen LogP) is 2.14. The molecular weight excluding hydrogens is 362 g/mol. The molecule has 2 amide bonds. The van der Waals surface area contributed by atoms with E-state index in [1.165, 1.54) is 6.26 Å². The Kier molecular flexibility index (Phi) is 6.72. The van der Waals surface area contributed by atoms with Crippen LogP contribution in [0.5, 0.6) is 0 Å². The zero-order valence-corrected chi connectivity index (χ0v) is 17.0. The van der Waals surface area contributed by atoms with E-state index in [2.05, 4.69) is 10.3 Å². The summed E-state index contributed by atoms with van der Waals surface area (Å²) < 4.78 is 16.7. The van der Waals surface area contributed by atoms with Gasteiger partial charge in [-0.3, -0.25) is 9.59 Å². The van der Waals surface area contributed by atoms with Gasteiger partial charge in [-0.1, -0.05) is 20.8 Å². The van der Waals surface area contributed by atoms with Crippen LogP contribution in [0, 0.1) is 5.41 Å². The molecule has 0 spiro atoms. The lowest BCUT2D eigenvalue weighted by Gasteiger charge is -2.30. The molecule has 0 bridgehead atoms. The summed E-state index contributed by atoms with van der Waals surface area (Å²) in [6.45, 7) is 8.32. The first-order valence-electron chi connectivity index (χ1n) is 10.1. The molecular formula is C20H31N3O5. The van der Waals surface area contributed by atoms with Crippen molar-refractivity contribution in [1.29, 1.82) is 0 Å². The van der Waals surface area contributed by atoms with Gasteiger partial charge in [0.25, 0.3) is 5.91 Å². The Morgan fingerprint density at radius 1 is 1.18 bits per heavy atom. The average Bonchev–Trinajstić information content (AvgIpc) is 3.40. The van der Waals surface area contributed by atoms with Crippen LogP contribution in [0.3, 0.4) is 0 Å². The zero-order chi connectivity index (χ0) is 20.1. The SMILES string of the molecule is CC(C)(C)C(=O)N(Cc1nc(C(=O)NC[C@@H]2CCCO2)co1)C[C@H]1CCCO1. The van der Waals surface area contributed by atoms with Crippen molar-refractivity contribution in [1.82, 2.24) is 15.2 Å². The number of carbonyl (C=O) groups is 2. The fourth-order valence-electron chi connectivity index (χ4n) is 3.48. The average molecular weight is 393 g/mol. The van der Waals surface area contributed by atoms with Gasteiger partial charge in [0.1, 0.15) is 6.26 Å². The molecule has 3 rings (SSSR count). The molecule has 3 heterocycles. The maximum atomic E-state index is 12.9. The number of rotatable bonds is 7. The van der Waals surface area contributed by atoms with Crippen molar-refractivity contribution in [3.05, 3.63) is 17.8 Å². The lowest BCUT2D eigenvalue weighted by Crippen LogP contribution is -2.43. The summed E-state index contributed by atoms with van der Waals surface area (Å²) in [6.07, 6.45) is 5.38. The molecule has 2 saturated heterocycles. The largest absolute Gasteiger partial charge is 0.446 e. The highest BCUT2D eigenvalue weighted by molar-refractivity contribution is 5.91. The van der Waals surface area contributed by atoms with E-state index in [0.29, 0.717) is 19.0 Å². The smallest absolute Gasteiger partial charge is 0.273 e. The minimum atomic E-state index is -0.521. The number of ether oxygens (including phenoxy) is 2. The third-order valence-electron chi connectivity index (χ3n) is 5.00. The zero-order valence-electron chi connectivity index (χ0n) is 17.0. The van der Waals surface area contributed by atoms with E-state index in [9.17, 15) is 9.59 Å². The molecule has 2 aliphatic rings. The molecule has 0 unspecified atom stereocenters. The van der Waals surface area contributed by atoms with Crippen LogP contribution in [0.15, 0.2) is 10.7 Å². The van der Waals surface area contributed by atoms with Gasteiger partial charge in [-0.2, -0.15) is 0 Å². The van der Waals surface area contributed by atoms with Crippen molar-refractivity contribution in [2.75, 3.05) is 26.3 Å². The molecule has 0 aliphatic carbocycles. The molecule has 2 fully saturated rings. The van der Waals surface area contributed by atoms with E-state index >= 15 is 0 Å². The number of nitrogens with zero attached hydrogens (tertiary/aromatic N) is 2. The van der Waals surface area contributed by atoms with Crippen molar-refractivity contribution >= 4 is 11.8 Å². The number of oxazole rings is 1. The van der Waals surface area contributed by atoms with Crippen molar-refractivity contribution < 1.29 is 23.5 Å². The summed E-state index contributed by atoms with van der Waals surface area (Å²) in [6, 6.07) is 0. The number of carbonyl (C=O) groups excluding carboxylic acids is 2. The van der Waals surface area contributed by atoms with E-state index in [-0.39, 0.29) is 36.3 Å². The van der Waals surface area contributed by atoms with Gasteiger partial charge in [0.2, 0.25) is 11.8 Å². The third kappa shape index (κ3) is 5.54. The van der Waals surface area contributed by atoms with Gasteiger partial charge >= 0.3 is 0 Å². The van der Waals surface area contributed by atoms with Crippen molar-refractivity contribution in [2.24, 2.45) is 5.41 Å². The molecule has 1 aromatic heterocycles. The molecule has 28 heavy (non-hydrogen) atoms. The summed E-state index contributed by atoms with van der Waals surface area (Å²) in [7, 11) is 0. The van der Waals surface area contributed by atoms with Gasteiger partial charge in [-0.05, 0) is 25.7 Å². The van der Waals surface area contributed by atoms with Crippen molar-refractivity contribution in [2.45, 2.75) is 65.2 Å². The standard InChI is InChI=1S/C20H31N3O5/c1-20(2,3)19(25)23(11-15-7-5-9-27-15)12-17-22-16(13-28-17)18(24)21-10-14-6-4-8-26-14/h13-15H,4-12H2,1-3H3,(H,21,24)/t14-,15+/m0/s1. The molecule has 156 valence electrons. The Morgan fingerprint density at radius 3 is 2.46 bits per heavy atom. The molecule has 2 aliphatic heterocycles. The van der Waals surface area contributed by atoms with Crippen LogP contribution in [-0.4, -0.2) is 60.2 Å². The molecule has 0 aromatic carbocycles. The highest BCUT2D eigenvalue weighted by Crippen LogP contribution is 2.22. The summed E-state index contributed by atoms with van der Waals surface area (Å²) in [5, 5.41) is 2.83. The monoisotopic (exact) mass is 393 g/mol. The Balaban J connectivity index is 1.60. The number of hydrogen-bond donors (Lipinski definition) is 1. The second kappa shape index (κ2) is 9.05. The first-order chi connectivity index (χ1) is 13.3. The quantitative estimate of drug-likeness (QED) is 0.763. The molecule has 1 N–H and O–H groups in total. The Hall–Kier alpha value is -1.93. The maximum absolute atomic E-state index is 12.9. The summed E-state index contributed by atoms with van der Waals surface area (Å²) in [4.78, 5) is 31.1. The molecule has 2 atom stereocenters. The van der Waals surface area contributed by atoms with Crippen LogP contribution in [-0.2, 0) is 20.8 Å². The first kappa shape index (κ1) is 20.8. The van der Waals surface area contributed by atoms with Gasteiger partial charge in [0, 0.05) is 31.7 Å². The van der Waals surface area contributed by atoms with Crippen LogP contribution in [0.25, 0.3) is 0 Å². The molecule has 8 heteroatoms. The lowest BCUT2D eigenvalue weighted by atomic mass is 9.94. The van der Waals surface area contributed by atoms with E-state index in [0.717, 1.165) is 38.9 Å². The highest BCUT2D eigenvalue weighted by Gasteiger charge is 2.31. The summed E-state index contributed by atoms with van der Waals surface area (Å²) in [5.41, 5.74) is -0.305. The molecule has 8 nitrogen and oxygen atoms in total. The van der Waals surface area contributed by atoms with Crippen LogP contribution in [0.4, 0.5) is 0 Å². The van der Waals surface area contributed by atoms with Gasteiger partial charge < -0.3 is 24.1 Å². The van der Waals surface area contributed by atoms with Crippen LogP contribution in [0.1, 0.15) is 62.8 Å². The van der Waals surface area contributed by atoms with Crippen LogP contribution in [0.2, 0.25) is 0 Å². The third-order valence-corrected chi connectivity index (χ3v) is 5.00. The molecule has 0 radical (unpaired) electrons. The number of amides is 2. The Bertz CT molecular complexity index is 670. The van der Waals surface area contributed by atoms with E-state index in [4.69, 9.17) is 13.9 Å². The number of aromatic nitrogens is 1. The molecule has 1 aromatic rings. The topological polar surface area (TPSA) is 93.9 Å². The first-order valence-corrected chi connectivity index (χ1v) is 10.1. The van der Waals surface area contributed by atoms with Crippen molar-refractivity contribution in [3.8, 4) is 0 Å². The van der Waals surface area contributed by atoms with Gasteiger partial charge in [0.05, 0.1) is 18.8 Å². The Labute approximate surface area is 165 Å². The van der Waals surface area contributed by atoms with Gasteiger partial charge in [-0.25, -0.2) is 4.98 Å². The van der Waals surface area contributed by atoms with Crippen LogP contribution < -0.4 is 5.32 Å². The normalized spacial score (nSPS) is 22.4. The maximum Gasteiger partial charge on any atom is 0.273 e. The minimum Gasteiger partial charge on any atom is -0.446 e. The second-order valence-corrected chi connectivity index (χ2v) is 8.54. The fraction of sp³-hybridized carbons (Fsp3) is 0.750. The van der Waals surface area contributed by atoms with Gasteiger partial charge in [-0.15, -0.1) is 0 Å². The Morgan fingerprint density at radius 2 is 1.86 bits per heavy atom.